The monoisotopic (exact) mass is 345 g/mol. The van der Waals surface area contributed by atoms with Gasteiger partial charge in [0.2, 0.25) is 0 Å². The first-order chi connectivity index (χ1) is 11.8. The van der Waals surface area contributed by atoms with Crippen LogP contribution in [-0.2, 0) is 0 Å². The number of fused-ring (bicyclic) bond motifs is 2. The van der Waals surface area contributed by atoms with Crippen molar-refractivity contribution >= 4 is 11.7 Å². The van der Waals surface area contributed by atoms with E-state index in [2.05, 4.69) is 25.5 Å². The van der Waals surface area contributed by atoms with Crippen molar-refractivity contribution < 1.29 is 13.9 Å². The van der Waals surface area contributed by atoms with Crippen molar-refractivity contribution in [3.8, 4) is 23.6 Å². The van der Waals surface area contributed by atoms with Gasteiger partial charge >= 0.3 is 0 Å². The number of rotatable bonds is 4. The molecule has 124 valence electrons. The van der Waals surface area contributed by atoms with Crippen LogP contribution in [0.15, 0.2) is 24.3 Å². The summed E-state index contributed by atoms with van der Waals surface area (Å²) in [6, 6.07) is 6.15. The van der Waals surface area contributed by atoms with Gasteiger partial charge in [-0.1, -0.05) is 17.9 Å². The fraction of sp³-hybridized carbons (Fsp3) is 0.412. The molecule has 0 spiro atoms. The van der Waals surface area contributed by atoms with E-state index in [1.807, 2.05) is 0 Å². The van der Waals surface area contributed by atoms with Gasteiger partial charge in [0.25, 0.3) is 11.8 Å². The first kappa shape index (κ1) is 15.4. The van der Waals surface area contributed by atoms with Crippen LogP contribution in [0.1, 0.15) is 12.0 Å². The second-order valence-electron chi connectivity index (χ2n) is 5.94. The molecular formula is C17H16FN3O2S. The molecule has 2 saturated heterocycles. The maximum Gasteiger partial charge on any atom is 0.292 e. The largest absolute Gasteiger partial charge is 0.468 e. The fourth-order valence-corrected chi connectivity index (χ4v) is 3.59. The molecule has 2 aliphatic heterocycles. The molecular weight excluding hydrogens is 329 g/mol. The number of aromatic nitrogens is 2. The Morgan fingerprint density at radius 2 is 2.21 bits per heavy atom. The van der Waals surface area contributed by atoms with Crippen molar-refractivity contribution in [2.45, 2.75) is 12.5 Å². The van der Waals surface area contributed by atoms with Gasteiger partial charge in [-0.15, -0.1) is 8.75 Å². The van der Waals surface area contributed by atoms with Crippen molar-refractivity contribution in [3.63, 3.8) is 0 Å². The highest BCUT2D eigenvalue weighted by Gasteiger charge is 2.40. The number of nitrogens with zero attached hydrogens (tertiary/aromatic N) is 3. The van der Waals surface area contributed by atoms with E-state index in [-0.39, 0.29) is 18.5 Å². The zero-order valence-electron chi connectivity index (χ0n) is 12.9. The van der Waals surface area contributed by atoms with Gasteiger partial charge in [0.15, 0.2) is 6.61 Å². The van der Waals surface area contributed by atoms with Crippen molar-refractivity contribution in [2.75, 3.05) is 26.2 Å². The average molecular weight is 345 g/mol. The minimum Gasteiger partial charge on any atom is -0.468 e. The summed E-state index contributed by atoms with van der Waals surface area (Å²) < 4.78 is 32.9. The topological polar surface area (TPSA) is 47.5 Å². The van der Waals surface area contributed by atoms with Crippen LogP contribution >= 0.6 is 11.7 Å². The molecule has 2 aliphatic rings. The van der Waals surface area contributed by atoms with E-state index in [1.54, 1.807) is 12.1 Å². The van der Waals surface area contributed by atoms with Crippen LogP contribution in [0.2, 0.25) is 0 Å². The summed E-state index contributed by atoms with van der Waals surface area (Å²) in [7, 11) is 0. The molecule has 0 N–H and O–H groups in total. The lowest BCUT2D eigenvalue weighted by molar-refractivity contribution is 0.131. The molecule has 0 amide bonds. The molecule has 4 rings (SSSR count). The lowest BCUT2D eigenvalue weighted by atomic mass is 10.0. The lowest BCUT2D eigenvalue weighted by Crippen LogP contribution is -2.32. The van der Waals surface area contributed by atoms with Crippen molar-refractivity contribution in [1.29, 1.82) is 0 Å². The SMILES string of the molecule is Fc1cccc(C#CCOc2nsnc2OC2CN3CCC2C3)c1. The summed E-state index contributed by atoms with van der Waals surface area (Å²) in [6.07, 6.45) is 1.35. The van der Waals surface area contributed by atoms with E-state index in [1.165, 1.54) is 25.1 Å². The third kappa shape index (κ3) is 3.35. The predicted molar refractivity (Wildman–Crippen MR) is 87.6 cm³/mol. The Morgan fingerprint density at radius 3 is 3.00 bits per heavy atom. The number of piperidine rings is 1. The third-order valence-corrected chi connectivity index (χ3v) is 4.80. The minimum absolute atomic E-state index is 0.151. The summed E-state index contributed by atoms with van der Waals surface area (Å²) in [5.74, 6) is 6.81. The molecule has 0 aliphatic carbocycles. The molecule has 3 unspecified atom stereocenters. The highest BCUT2D eigenvalue weighted by atomic mass is 32.1. The zero-order valence-corrected chi connectivity index (χ0v) is 13.8. The van der Waals surface area contributed by atoms with Gasteiger partial charge in [-0.05, 0) is 31.2 Å². The maximum atomic E-state index is 13.1. The first-order valence-corrected chi connectivity index (χ1v) is 8.60. The molecule has 24 heavy (non-hydrogen) atoms. The smallest absolute Gasteiger partial charge is 0.292 e. The standard InChI is InChI=1S/C17H16FN3O2S/c18-14-5-1-3-12(9-14)4-2-8-22-16-17(20-24-19-16)23-15-11-21-7-6-13(15)10-21/h1,3,5,9,13,15H,6-8,10-11H2. The highest BCUT2D eigenvalue weighted by molar-refractivity contribution is 6.99. The molecule has 2 fully saturated rings. The maximum absolute atomic E-state index is 13.1. The quantitative estimate of drug-likeness (QED) is 0.795. The van der Waals surface area contributed by atoms with Crippen LogP contribution in [0.5, 0.6) is 11.8 Å². The van der Waals surface area contributed by atoms with E-state index in [0.717, 1.165) is 24.8 Å². The second kappa shape index (κ2) is 6.75. The van der Waals surface area contributed by atoms with Gasteiger partial charge in [0.1, 0.15) is 11.9 Å². The molecule has 3 heterocycles. The molecule has 3 atom stereocenters. The van der Waals surface area contributed by atoms with Crippen LogP contribution in [0.25, 0.3) is 0 Å². The Morgan fingerprint density at radius 1 is 1.29 bits per heavy atom. The number of benzene rings is 1. The molecule has 1 aromatic carbocycles. The molecule has 7 heteroatoms. The summed E-state index contributed by atoms with van der Waals surface area (Å²) in [6.45, 7) is 3.37. The highest BCUT2D eigenvalue weighted by Crippen LogP contribution is 2.33. The van der Waals surface area contributed by atoms with Crippen molar-refractivity contribution in [1.82, 2.24) is 13.6 Å². The summed E-state index contributed by atoms with van der Waals surface area (Å²) in [5.41, 5.74) is 0.613. The average Bonchev–Trinajstić information content (AvgIpc) is 3.29. The summed E-state index contributed by atoms with van der Waals surface area (Å²) >= 11 is 1.06. The van der Waals surface area contributed by atoms with Crippen molar-refractivity contribution in [2.24, 2.45) is 5.92 Å². The number of hydrogen-bond acceptors (Lipinski definition) is 6. The number of ether oxygens (including phenoxy) is 2. The number of hydrogen-bond donors (Lipinski definition) is 0. The van der Waals surface area contributed by atoms with E-state index in [4.69, 9.17) is 9.47 Å². The predicted octanol–water partition coefficient (Wildman–Crippen LogP) is 2.19. The normalized spacial score (nSPS) is 24.5. The van der Waals surface area contributed by atoms with Crippen LogP contribution in [0.3, 0.4) is 0 Å². The molecule has 5 nitrogen and oxygen atoms in total. The molecule has 0 saturated carbocycles. The van der Waals surface area contributed by atoms with Crippen LogP contribution in [0, 0.1) is 23.6 Å². The van der Waals surface area contributed by atoms with E-state index in [0.29, 0.717) is 23.2 Å². The van der Waals surface area contributed by atoms with E-state index < -0.39 is 0 Å². The Balaban J connectivity index is 1.34. The zero-order chi connectivity index (χ0) is 16.4. The Bertz CT molecular complexity index is 785. The molecule has 1 aromatic heterocycles. The lowest BCUT2D eigenvalue weighted by Gasteiger charge is -2.22. The number of halogens is 1. The van der Waals surface area contributed by atoms with Gasteiger partial charge in [-0.2, -0.15) is 0 Å². The molecule has 2 bridgehead atoms. The summed E-state index contributed by atoms with van der Waals surface area (Å²) in [5, 5.41) is 0. The Labute approximate surface area is 143 Å². The Hall–Kier alpha value is -2.17. The van der Waals surface area contributed by atoms with E-state index >= 15 is 0 Å². The van der Waals surface area contributed by atoms with Gasteiger partial charge in [0.05, 0.1) is 11.7 Å². The second-order valence-corrected chi connectivity index (χ2v) is 6.47. The van der Waals surface area contributed by atoms with Crippen LogP contribution in [0.4, 0.5) is 4.39 Å². The van der Waals surface area contributed by atoms with Crippen molar-refractivity contribution in [3.05, 3.63) is 35.6 Å². The van der Waals surface area contributed by atoms with Gasteiger partial charge in [-0.25, -0.2) is 4.39 Å². The van der Waals surface area contributed by atoms with E-state index in [9.17, 15) is 4.39 Å². The minimum atomic E-state index is -0.302. The molecule has 0 radical (unpaired) electrons. The first-order valence-electron chi connectivity index (χ1n) is 7.87. The van der Waals surface area contributed by atoms with Gasteiger partial charge < -0.3 is 9.47 Å². The van der Waals surface area contributed by atoms with Crippen LogP contribution < -0.4 is 9.47 Å². The third-order valence-electron chi connectivity index (χ3n) is 4.30. The fourth-order valence-electron chi connectivity index (χ4n) is 3.15. The van der Waals surface area contributed by atoms with Gasteiger partial charge in [-0.3, -0.25) is 4.90 Å². The Kier molecular flexibility index (Phi) is 4.32. The molecule has 2 aromatic rings. The summed E-state index contributed by atoms with van der Waals surface area (Å²) in [4.78, 5) is 2.40. The van der Waals surface area contributed by atoms with Crippen LogP contribution in [-0.4, -0.2) is 46.0 Å². The van der Waals surface area contributed by atoms with Gasteiger partial charge in [0, 0.05) is 24.6 Å².